The zero-order chi connectivity index (χ0) is 12.6. The van der Waals surface area contributed by atoms with Crippen LogP contribution in [0.3, 0.4) is 0 Å². The minimum atomic E-state index is -0.911. The molecule has 1 aromatic carbocycles. The van der Waals surface area contributed by atoms with Crippen molar-refractivity contribution in [2.24, 2.45) is 0 Å². The van der Waals surface area contributed by atoms with Gasteiger partial charge in [0, 0.05) is 24.0 Å². The van der Waals surface area contributed by atoms with Gasteiger partial charge in [-0.3, -0.25) is 0 Å². The molecule has 0 amide bonds. The Morgan fingerprint density at radius 3 is 2.41 bits per heavy atom. The second-order valence-electron chi connectivity index (χ2n) is 4.76. The summed E-state index contributed by atoms with van der Waals surface area (Å²) < 4.78 is 10.5. The Balaban J connectivity index is 2.59. The van der Waals surface area contributed by atoms with E-state index in [2.05, 4.69) is 0 Å². The van der Waals surface area contributed by atoms with Gasteiger partial charge in [0.05, 0.1) is 25.9 Å². The smallest absolute Gasteiger partial charge is 0.125 e. The maximum Gasteiger partial charge on any atom is 0.125 e. The fourth-order valence-electron chi connectivity index (χ4n) is 2.51. The number of aliphatic hydroxyl groups is 2. The van der Waals surface area contributed by atoms with Gasteiger partial charge in [-0.05, 0) is 19.1 Å². The van der Waals surface area contributed by atoms with Crippen molar-refractivity contribution in [3.63, 3.8) is 0 Å². The molecule has 0 aliphatic heterocycles. The average Bonchev–Trinajstić information content (AvgIpc) is 2.25. The highest BCUT2D eigenvalue weighted by Crippen LogP contribution is 2.44. The molecule has 0 saturated carbocycles. The number of benzene rings is 1. The summed E-state index contributed by atoms with van der Waals surface area (Å²) >= 11 is 0. The summed E-state index contributed by atoms with van der Waals surface area (Å²) in [5.74, 6) is 1.32. The molecule has 1 aliphatic rings. The quantitative estimate of drug-likeness (QED) is 0.818. The largest absolute Gasteiger partial charge is 0.496 e. The SMILES string of the molecule is COc1ccc(OC)c2c1C[C@](C)(O)C[C@@H]2O. The van der Waals surface area contributed by atoms with Crippen molar-refractivity contribution in [2.75, 3.05) is 14.2 Å². The Labute approximate surface area is 101 Å². The van der Waals surface area contributed by atoms with Crippen molar-refractivity contribution in [3.8, 4) is 11.5 Å². The predicted molar refractivity (Wildman–Crippen MR) is 63.5 cm³/mol. The standard InChI is InChI=1S/C13H18O4/c1-13(15)6-8-10(16-2)4-5-11(17-3)12(8)9(14)7-13/h4-5,9,14-15H,6-7H2,1-3H3/t9-,13-/m0/s1. The molecule has 0 heterocycles. The van der Waals surface area contributed by atoms with E-state index in [0.29, 0.717) is 24.3 Å². The fourth-order valence-corrected chi connectivity index (χ4v) is 2.51. The molecule has 0 unspecified atom stereocenters. The van der Waals surface area contributed by atoms with Crippen LogP contribution >= 0.6 is 0 Å². The minimum absolute atomic E-state index is 0.309. The second-order valence-corrected chi connectivity index (χ2v) is 4.76. The third kappa shape index (κ3) is 2.10. The maximum absolute atomic E-state index is 10.1. The van der Waals surface area contributed by atoms with Gasteiger partial charge >= 0.3 is 0 Å². The normalized spacial score (nSPS) is 27.5. The summed E-state index contributed by atoms with van der Waals surface area (Å²) in [6, 6.07) is 3.58. The summed E-state index contributed by atoms with van der Waals surface area (Å²) in [6.07, 6.45) is 0.0438. The molecule has 94 valence electrons. The molecular weight excluding hydrogens is 220 g/mol. The van der Waals surface area contributed by atoms with Crippen LogP contribution in [0.2, 0.25) is 0 Å². The summed E-state index contributed by atoms with van der Waals surface area (Å²) in [4.78, 5) is 0. The van der Waals surface area contributed by atoms with E-state index in [0.717, 1.165) is 11.1 Å². The minimum Gasteiger partial charge on any atom is -0.496 e. The lowest BCUT2D eigenvalue weighted by Gasteiger charge is -2.34. The van der Waals surface area contributed by atoms with Crippen molar-refractivity contribution in [2.45, 2.75) is 31.5 Å². The van der Waals surface area contributed by atoms with Gasteiger partial charge < -0.3 is 19.7 Å². The third-order valence-corrected chi connectivity index (χ3v) is 3.24. The van der Waals surface area contributed by atoms with Gasteiger partial charge in [0.1, 0.15) is 11.5 Å². The molecule has 17 heavy (non-hydrogen) atoms. The van der Waals surface area contributed by atoms with Crippen molar-refractivity contribution in [3.05, 3.63) is 23.3 Å². The van der Waals surface area contributed by atoms with Gasteiger partial charge in [0.2, 0.25) is 0 Å². The maximum atomic E-state index is 10.1. The van der Waals surface area contributed by atoms with Crippen molar-refractivity contribution < 1.29 is 19.7 Å². The molecule has 0 radical (unpaired) electrons. The molecule has 0 saturated heterocycles. The Morgan fingerprint density at radius 1 is 1.24 bits per heavy atom. The van der Waals surface area contributed by atoms with Crippen LogP contribution in [0.25, 0.3) is 0 Å². The monoisotopic (exact) mass is 238 g/mol. The van der Waals surface area contributed by atoms with Gasteiger partial charge in [-0.2, -0.15) is 0 Å². The number of methoxy groups -OCH3 is 2. The van der Waals surface area contributed by atoms with Crippen molar-refractivity contribution >= 4 is 0 Å². The van der Waals surface area contributed by atoms with E-state index in [4.69, 9.17) is 9.47 Å². The van der Waals surface area contributed by atoms with Crippen LogP contribution < -0.4 is 9.47 Å². The van der Waals surface area contributed by atoms with Gasteiger partial charge in [0.15, 0.2) is 0 Å². The van der Waals surface area contributed by atoms with Crippen LogP contribution in [-0.4, -0.2) is 30.0 Å². The van der Waals surface area contributed by atoms with E-state index < -0.39 is 11.7 Å². The van der Waals surface area contributed by atoms with Crippen LogP contribution in [0.15, 0.2) is 12.1 Å². The first-order valence-electron chi connectivity index (χ1n) is 5.62. The molecule has 1 aliphatic carbocycles. The Kier molecular flexibility index (Phi) is 3.02. The van der Waals surface area contributed by atoms with Gasteiger partial charge in [-0.15, -0.1) is 0 Å². The average molecular weight is 238 g/mol. The number of aliphatic hydroxyl groups excluding tert-OH is 1. The number of hydrogen-bond donors (Lipinski definition) is 2. The molecule has 0 spiro atoms. The molecule has 0 aromatic heterocycles. The van der Waals surface area contributed by atoms with Crippen LogP contribution in [0.1, 0.15) is 30.6 Å². The van der Waals surface area contributed by atoms with E-state index in [1.165, 1.54) is 0 Å². The van der Waals surface area contributed by atoms with Gasteiger partial charge in [0.25, 0.3) is 0 Å². The molecule has 0 bridgehead atoms. The van der Waals surface area contributed by atoms with Crippen molar-refractivity contribution in [1.29, 1.82) is 0 Å². The van der Waals surface area contributed by atoms with Crippen LogP contribution in [0.4, 0.5) is 0 Å². The van der Waals surface area contributed by atoms with E-state index in [1.807, 2.05) is 0 Å². The number of hydrogen-bond acceptors (Lipinski definition) is 4. The van der Waals surface area contributed by atoms with E-state index >= 15 is 0 Å². The fraction of sp³-hybridized carbons (Fsp3) is 0.538. The van der Waals surface area contributed by atoms with Crippen LogP contribution in [-0.2, 0) is 6.42 Å². The Bertz CT molecular complexity index is 426. The van der Waals surface area contributed by atoms with Gasteiger partial charge in [-0.1, -0.05) is 0 Å². The number of fused-ring (bicyclic) bond motifs is 1. The van der Waals surface area contributed by atoms with E-state index in [9.17, 15) is 10.2 Å². The summed E-state index contributed by atoms with van der Waals surface area (Å²) in [7, 11) is 3.15. The first-order chi connectivity index (χ1) is 7.98. The Morgan fingerprint density at radius 2 is 1.82 bits per heavy atom. The number of rotatable bonds is 2. The molecule has 4 nitrogen and oxygen atoms in total. The lowest BCUT2D eigenvalue weighted by molar-refractivity contribution is -0.00896. The highest BCUT2D eigenvalue weighted by Gasteiger charge is 2.36. The van der Waals surface area contributed by atoms with E-state index in [1.54, 1.807) is 33.3 Å². The van der Waals surface area contributed by atoms with Crippen LogP contribution in [0, 0.1) is 0 Å². The molecule has 4 heteroatoms. The zero-order valence-corrected chi connectivity index (χ0v) is 10.4. The van der Waals surface area contributed by atoms with Gasteiger partial charge in [-0.25, -0.2) is 0 Å². The molecule has 2 N–H and O–H groups in total. The summed E-state index contributed by atoms with van der Waals surface area (Å²) in [5.41, 5.74) is 0.653. The topological polar surface area (TPSA) is 58.9 Å². The summed E-state index contributed by atoms with van der Waals surface area (Å²) in [6.45, 7) is 1.72. The lowest BCUT2D eigenvalue weighted by Crippen LogP contribution is -2.34. The first-order valence-corrected chi connectivity index (χ1v) is 5.62. The molecule has 2 atom stereocenters. The highest BCUT2D eigenvalue weighted by molar-refractivity contribution is 5.52. The molecule has 2 rings (SSSR count). The number of ether oxygens (including phenoxy) is 2. The first kappa shape index (κ1) is 12.2. The Hall–Kier alpha value is -1.26. The van der Waals surface area contributed by atoms with Crippen molar-refractivity contribution in [1.82, 2.24) is 0 Å². The molecular formula is C13H18O4. The lowest BCUT2D eigenvalue weighted by atomic mass is 9.79. The third-order valence-electron chi connectivity index (χ3n) is 3.24. The highest BCUT2D eigenvalue weighted by atomic mass is 16.5. The second kappa shape index (κ2) is 4.20. The molecule has 0 fully saturated rings. The van der Waals surface area contributed by atoms with Crippen LogP contribution in [0.5, 0.6) is 11.5 Å². The zero-order valence-electron chi connectivity index (χ0n) is 10.4. The predicted octanol–water partition coefficient (Wildman–Crippen LogP) is 1.43. The molecule has 1 aromatic rings. The summed E-state index contributed by atoms with van der Waals surface area (Å²) in [5, 5.41) is 20.3. The van der Waals surface area contributed by atoms with E-state index in [-0.39, 0.29) is 0 Å².